The van der Waals surface area contributed by atoms with Gasteiger partial charge in [0.25, 0.3) is 0 Å². The third-order valence-electron chi connectivity index (χ3n) is 4.53. The number of carbonyl (C=O) groups is 3. The van der Waals surface area contributed by atoms with Crippen molar-refractivity contribution in [2.24, 2.45) is 0 Å². The molecule has 6 nitrogen and oxygen atoms in total. The maximum Gasteiger partial charge on any atom is 0.229 e. The minimum absolute atomic E-state index is 0.150. The first kappa shape index (κ1) is 19.1. The number of amides is 3. The lowest BCUT2D eigenvalue weighted by molar-refractivity contribution is -0.138. The molecule has 1 N–H and O–H groups in total. The van der Waals surface area contributed by atoms with Crippen LogP contribution in [0.2, 0.25) is 0 Å². The Bertz CT molecular complexity index is 593. The summed E-state index contributed by atoms with van der Waals surface area (Å²) in [5.41, 5.74) is 2.29. The summed E-state index contributed by atoms with van der Waals surface area (Å²) < 4.78 is 0. The first-order valence-electron chi connectivity index (χ1n) is 8.93. The first-order valence-corrected chi connectivity index (χ1v) is 8.93. The Morgan fingerprint density at radius 1 is 1.04 bits per heavy atom. The van der Waals surface area contributed by atoms with E-state index in [0.717, 1.165) is 25.2 Å². The van der Waals surface area contributed by atoms with Crippen molar-refractivity contribution in [1.82, 2.24) is 15.1 Å². The van der Waals surface area contributed by atoms with E-state index in [0.29, 0.717) is 6.54 Å². The van der Waals surface area contributed by atoms with Crippen molar-refractivity contribution in [3.8, 4) is 0 Å². The predicted octanol–water partition coefficient (Wildman–Crippen LogP) is 1.68. The summed E-state index contributed by atoms with van der Waals surface area (Å²) in [4.78, 5) is 38.4. The molecule has 6 heteroatoms. The van der Waals surface area contributed by atoms with Gasteiger partial charge in [0.2, 0.25) is 17.7 Å². The van der Waals surface area contributed by atoms with Gasteiger partial charge in [-0.05, 0) is 24.2 Å². The number of nitrogens with one attached hydrogen (secondary N) is 1. The lowest BCUT2D eigenvalue weighted by atomic mass is 10.1. The van der Waals surface area contributed by atoms with E-state index >= 15 is 0 Å². The van der Waals surface area contributed by atoms with E-state index in [-0.39, 0.29) is 43.5 Å². The van der Waals surface area contributed by atoms with Crippen LogP contribution in [-0.4, -0.2) is 47.2 Å². The average Bonchev–Trinajstić information content (AvgIpc) is 2.95. The van der Waals surface area contributed by atoms with Gasteiger partial charge < -0.3 is 5.32 Å². The topological polar surface area (TPSA) is 69.7 Å². The van der Waals surface area contributed by atoms with Crippen LogP contribution in [-0.2, 0) is 27.5 Å². The van der Waals surface area contributed by atoms with Gasteiger partial charge in [-0.3, -0.25) is 24.2 Å². The molecule has 0 bridgehead atoms. The van der Waals surface area contributed by atoms with Crippen molar-refractivity contribution >= 4 is 17.7 Å². The number of rotatable bonds is 9. The SMILES string of the molecule is CCN(CC)Cc1ccc(CNC(=O)CCN2C(=O)CCC2=O)cc1. The van der Waals surface area contributed by atoms with E-state index in [2.05, 4.69) is 36.2 Å². The summed E-state index contributed by atoms with van der Waals surface area (Å²) in [5, 5.41) is 2.84. The van der Waals surface area contributed by atoms with Gasteiger partial charge in [0, 0.05) is 38.9 Å². The van der Waals surface area contributed by atoms with Crippen molar-refractivity contribution < 1.29 is 14.4 Å². The molecule has 0 radical (unpaired) electrons. The van der Waals surface area contributed by atoms with Crippen LogP contribution in [0.4, 0.5) is 0 Å². The van der Waals surface area contributed by atoms with Crippen LogP contribution in [0.1, 0.15) is 44.2 Å². The fourth-order valence-electron chi connectivity index (χ4n) is 2.84. The molecule has 136 valence electrons. The molecule has 1 fully saturated rings. The highest BCUT2D eigenvalue weighted by atomic mass is 16.2. The lowest BCUT2D eigenvalue weighted by Gasteiger charge is -2.18. The van der Waals surface area contributed by atoms with Crippen molar-refractivity contribution in [2.45, 2.75) is 46.2 Å². The third kappa shape index (κ3) is 5.67. The number of hydrogen-bond acceptors (Lipinski definition) is 4. The Morgan fingerprint density at radius 2 is 1.60 bits per heavy atom. The zero-order valence-electron chi connectivity index (χ0n) is 15.1. The molecule has 0 spiro atoms. The summed E-state index contributed by atoms with van der Waals surface area (Å²) in [6.45, 7) is 7.90. The van der Waals surface area contributed by atoms with E-state index in [1.165, 1.54) is 10.5 Å². The molecular formula is C19H27N3O3. The minimum atomic E-state index is -0.179. The highest BCUT2D eigenvalue weighted by Gasteiger charge is 2.28. The van der Waals surface area contributed by atoms with Gasteiger partial charge in [0.15, 0.2) is 0 Å². The highest BCUT2D eigenvalue weighted by Crippen LogP contribution is 2.12. The number of nitrogens with zero attached hydrogens (tertiary/aromatic N) is 2. The molecule has 1 aromatic carbocycles. The average molecular weight is 345 g/mol. The second-order valence-corrected chi connectivity index (χ2v) is 6.24. The lowest BCUT2D eigenvalue weighted by Crippen LogP contribution is -2.34. The second-order valence-electron chi connectivity index (χ2n) is 6.24. The Labute approximate surface area is 149 Å². The molecule has 0 atom stereocenters. The molecule has 1 aliphatic rings. The molecule has 1 aliphatic heterocycles. The normalized spacial score (nSPS) is 14.4. The van der Waals surface area contributed by atoms with Gasteiger partial charge in [0.1, 0.15) is 0 Å². The summed E-state index contributed by atoms with van der Waals surface area (Å²) in [6.07, 6.45) is 0.679. The van der Waals surface area contributed by atoms with Gasteiger partial charge in [-0.2, -0.15) is 0 Å². The molecule has 25 heavy (non-hydrogen) atoms. The van der Waals surface area contributed by atoms with Gasteiger partial charge in [0.05, 0.1) is 0 Å². The molecule has 2 rings (SSSR count). The summed E-state index contributed by atoms with van der Waals surface area (Å²) >= 11 is 0. The Kier molecular flexibility index (Phi) is 7.13. The van der Waals surface area contributed by atoms with E-state index in [9.17, 15) is 14.4 Å². The van der Waals surface area contributed by atoms with Crippen LogP contribution < -0.4 is 5.32 Å². The molecule has 1 aromatic rings. The van der Waals surface area contributed by atoms with Crippen LogP contribution in [0.25, 0.3) is 0 Å². The minimum Gasteiger partial charge on any atom is -0.352 e. The van der Waals surface area contributed by atoms with Crippen LogP contribution in [0.5, 0.6) is 0 Å². The van der Waals surface area contributed by atoms with Crippen molar-refractivity contribution in [2.75, 3.05) is 19.6 Å². The molecule has 0 unspecified atom stereocenters. The van der Waals surface area contributed by atoms with E-state index in [1.807, 2.05) is 12.1 Å². The van der Waals surface area contributed by atoms with Gasteiger partial charge in [-0.1, -0.05) is 38.1 Å². The molecule has 0 aliphatic carbocycles. The quantitative estimate of drug-likeness (QED) is 0.692. The van der Waals surface area contributed by atoms with Gasteiger partial charge >= 0.3 is 0 Å². The second kappa shape index (κ2) is 9.32. The molecule has 1 heterocycles. The van der Waals surface area contributed by atoms with E-state index in [4.69, 9.17) is 0 Å². The van der Waals surface area contributed by atoms with E-state index in [1.54, 1.807) is 0 Å². The van der Waals surface area contributed by atoms with Crippen molar-refractivity contribution in [3.63, 3.8) is 0 Å². The third-order valence-corrected chi connectivity index (χ3v) is 4.53. The zero-order valence-corrected chi connectivity index (χ0v) is 15.1. The molecule has 0 aromatic heterocycles. The Morgan fingerprint density at radius 3 is 2.16 bits per heavy atom. The molecular weight excluding hydrogens is 318 g/mol. The van der Waals surface area contributed by atoms with Crippen molar-refractivity contribution in [1.29, 1.82) is 0 Å². The maximum atomic E-state index is 11.9. The monoisotopic (exact) mass is 345 g/mol. The van der Waals surface area contributed by atoms with Crippen LogP contribution in [0, 0.1) is 0 Å². The van der Waals surface area contributed by atoms with Crippen LogP contribution in [0.3, 0.4) is 0 Å². The molecule has 3 amide bonds. The van der Waals surface area contributed by atoms with Crippen molar-refractivity contribution in [3.05, 3.63) is 35.4 Å². The number of hydrogen-bond donors (Lipinski definition) is 1. The van der Waals surface area contributed by atoms with Gasteiger partial charge in [-0.15, -0.1) is 0 Å². The Hall–Kier alpha value is -2.21. The predicted molar refractivity (Wildman–Crippen MR) is 95.5 cm³/mol. The fourth-order valence-corrected chi connectivity index (χ4v) is 2.84. The highest BCUT2D eigenvalue weighted by molar-refractivity contribution is 6.02. The van der Waals surface area contributed by atoms with Gasteiger partial charge in [-0.25, -0.2) is 0 Å². The smallest absolute Gasteiger partial charge is 0.229 e. The summed E-state index contributed by atoms with van der Waals surface area (Å²) in [5.74, 6) is -0.511. The largest absolute Gasteiger partial charge is 0.352 e. The summed E-state index contributed by atoms with van der Waals surface area (Å²) in [6, 6.07) is 8.21. The number of benzene rings is 1. The standard InChI is InChI=1S/C19H27N3O3/c1-3-21(4-2)14-16-7-5-15(6-8-16)13-20-17(23)11-12-22-18(24)9-10-19(22)25/h5-8H,3-4,9-14H2,1-2H3,(H,20,23). The van der Waals surface area contributed by atoms with E-state index < -0.39 is 0 Å². The zero-order chi connectivity index (χ0) is 18.2. The summed E-state index contributed by atoms with van der Waals surface area (Å²) in [7, 11) is 0. The van der Waals surface area contributed by atoms with Crippen LogP contribution >= 0.6 is 0 Å². The maximum absolute atomic E-state index is 11.9. The molecule has 0 saturated carbocycles. The van der Waals surface area contributed by atoms with Crippen LogP contribution in [0.15, 0.2) is 24.3 Å². The molecule has 1 saturated heterocycles. The number of imide groups is 1. The fraction of sp³-hybridized carbons (Fsp3) is 0.526. The Balaban J connectivity index is 1.74. The number of likely N-dealkylation sites (tertiary alicyclic amines) is 1. The first-order chi connectivity index (χ1) is 12.0. The number of carbonyl (C=O) groups excluding carboxylic acids is 3.